The zero-order valence-electron chi connectivity index (χ0n) is 18.1. The van der Waals surface area contributed by atoms with E-state index >= 15 is 0 Å². The smallest absolute Gasteiger partial charge is 0.251 e. The van der Waals surface area contributed by atoms with Crippen molar-refractivity contribution in [3.63, 3.8) is 0 Å². The standard InChI is InChI=1S/C23H28ClN3O4/c1-15(2)12-20(26-22(29)16-8-10-17(24)11-9-16)23(30)27(3)14-21(28)25-18-6-5-7-19(13-18)31-4/h5-11,13,15,20H,12,14H2,1-4H3,(H,25,28)(H,26,29). The molecular weight excluding hydrogens is 418 g/mol. The maximum absolute atomic E-state index is 13.0. The molecule has 0 spiro atoms. The van der Waals surface area contributed by atoms with Crippen LogP contribution in [0.15, 0.2) is 48.5 Å². The van der Waals surface area contributed by atoms with Gasteiger partial charge in [0.05, 0.1) is 13.7 Å². The second kappa shape index (κ2) is 11.4. The second-order valence-electron chi connectivity index (χ2n) is 7.64. The number of hydrogen-bond acceptors (Lipinski definition) is 4. The third kappa shape index (κ3) is 7.61. The Morgan fingerprint density at radius 1 is 1.10 bits per heavy atom. The van der Waals surface area contributed by atoms with Gasteiger partial charge in [-0.15, -0.1) is 0 Å². The molecule has 0 heterocycles. The van der Waals surface area contributed by atoms with E-state index < -0.39 is 6.04 Å². The number of hydrogen-bond donors (Lipinski definition) is 2. The molecule has 0 aliphatic carbocycles. The van der Waals surface area contributed by atoms with Crippen LogP contribution in [0.2, 0.25) is 5.02 Å². The number of nitrogens with zero attached hydrogens (tertiary/aromatic N) is 1. The van der Waals surface area contributed by atoms with Gasteiger partial charge in [-0.25, -0.2) is 0 Å². The highest BCUT2D eigenvalue weighted by atomic mass is 35.5. The van der Waals surface area contributed by atoms with Crippen LogP contribution in [-0.4, -0.2) is 49.4 Å². The maximum Gasteiger partial charge on any atom is 0.251 e. The van der Waals surface area contributed by atoms with E-state index in [1.54, 1.807) is 55.6 Å². The molecule has 8 heteroatoms. The molecule has 2 rings (SSSR count). The van der Waals surface area contributed by atoms with Crippen molar-refractivity contribution in [2.75, 3.05) is 26.0 Å². The van der Waals surface area contributed by atoms with Gasteiger partial charge >= 0.3 is 0 Å². The van der Waals surface area contributed by atoms with Crippen LogP contribution in [0.1, 0.15) is 30.6 Å². The van der Waals surface area contributed by atoms with Crippen molar-refractivity contribution in [3.8, 4) is 5.75 Å². The number of nitrogens with one attached hydrogen (secondary N) is 2. The molecule has 0 aliphatic rings. The molecule has 31 heavy (non-hydrogen) atoms. The number of likely N-dealkylation sites (N-methyl/N-ethyl adjacent to an activating group) is 1. The minimum absolute atomic E-state index is 0.151. The fraction of sp³-hybridized carbons (Fsp3) is 0.348. The highest BCUT2D eigenvalue weighted by Crippen LogP contribution is 2.17. The number of ether oxygens (including phenoxy) is 1. The number of rotatable bonds is 9. The SMILES string of the molecule is COc1cccc(NC(=O)CN(C)C(=O)C(CC(C)C)NC(=O)c2ccc(Cl)cc2)c1. The van der Waals surface area contributed by atoms with Gasteiger partial charge in [-0.2, -0.15) is 0 Å². The monoisotopic (exact) mass is 445 g/mol. The first kappa shape index (κ1) is 24.2. The average molecular weight is 446 g/mol. The Morgan fingerprint density at radius 2 is 1.77 bits per heavy atom. The second-order valence-corrected chi connectivity index (χ2v) is 8.07. The quantitative estimate of drug-likeness (QED) is 0.617. The lowest BCUT2D eigenvalue weighted by Crippen LogP contribution is -2.49. The Morgan fingerprint density at radius 3 is 2.39 bits per heavy atom. The molecule has 0 saturated heterocycles. The third-order valence-corrected chi connectivity index (χ3v) is 4.78. The van der Waals surface area contributed by atoms with Crippen LogP contribution < -0.4 is 15.4 Å². The first-order valence-corrected chi connectivity index (χ1v) is 10.3. The summed E-state index contributed by atoms with van der Waals surface area (Å²) in [7, 11) is 3.08. The van der Waals surface area contributed by atoms with Crippen molar-refractivity contribution in [1.82, 2.24) is 10.2 Å². The molecule has 2 aromatic carbocycles. The summed E-state index contributed by atoms with van der Waals surface area (Å²) in [5.41, 5.74) is 0.976. The van der Waals surface area contributed by atoms with E-state index in [2.05, 4.69) is 10.6 Å². The summed E-state index contributed by atoms with van der Waals surface area (Å²) >= 11 is 5.87. The van der Waals surface area contributed by atoms with Crippen LogP contribution in [0.25, 0.3) is 0 Å². The molecule has 2 N–H and O–H groups in total. The van der Waals surface area contributed by atoms with E-state index in [1.165, 1.54) is 11.9 Å². The lowest BCUT2D eigenvalue weighted by atomic mass is 10.0. The first-order chi connectivity index (χ1) is 14.7. The van der Waals surface area contributed by atoms with E-state index in [0.717, 1.165) is 0 Å². The Labute approximate surface area is 187 Å². The van der Waals surface area contributed by atoms with E-state index in [4.69, 9.17) is 16.3 Å². The lowest BCUT2D eigenvalue weighted by molar-refractivity contribution is -0.135. The molecule has 0 saturated carbocycles. The molecule has 166 valence electrons. The predicted octanol–water partition coefficient (Wildman–Crippen LogP) is 3.59. The predicted molar refractivity (Wildman–Crippen MR) is 121 cm³/mol. The van der Waals surface area contributed by atoms with Gasteiger partial charge in [-0.3, -0.25) is 14.4 Å². The number of anilines is 1. The largest absolute Gasteiger partial charge is 0.497 e. The van der Waals surface area contributed by atoms with E-state index in [9.17, 15) is 14.4 Å². The van der Waals surface area contributed by atoms with Crippen LogP contribution in [-0.2, 0) is 9.59 Å². The fourth-order valence-electron chi connectivity index (χ4n) is 3.00. The summed E-state index contributed by atoms with van der Waals surface area (Å²) < 4.78 is 5.14. The molecule has 1 atom stereocenters. The Hall–Kier alpha value is -3.06. The van der Waals surface area contributed by atoms with E-state index in [0.29, 0.717) is 28.4 Å². The number of methoxy groups -OCH3 is 1. The van der Waals surface area contributed by atoms with Crippen molar-refractivity contribution in [3.05, 3.63) is 59.1 Å². The van der Waals surface area contributed by atoms with Crippen LogP contribution in [0.3, 0.4) is 0 Å². The van der Waals surface area contributed by atoms with E-state index in [1.807, 2.05) is 13.8 Å². The third-order valence-electron chi connectivity index (χ3n) is 4.53. The number of halogens is 1. The maximum atomic E-state index is 13.0. The highest BCUT2D eigenvalue weighted by molar-refractivity contribution is 6.30. The molecule has 0 aliphatic heterocycles. The number of carbonyl (C=O) groups is 3. The van der Waals surface area contributed by atoms with Crippen molar-refractivity contribution < 1.29 is 19.1 Å². The summed E-state index contributed by atoms with van der Waals surface area (Å²) in [5, 5.41) is 6.04. The van der Waals surface area contributed by atoms with Crippen LogP contribution in [0.4, 0.5) is 5.69 Å². The van der Waals surface area contributed by atoms with Crippen molar-refractivity contribution in [1.29, 1.82) is 0 Å². The number of amides is 3. The van der Waals surface area contributed by atoms with Gasteiger partial charge in [0, 0.05) is 29.4 Å². The normalized spacial score (nSPS) is 11.5. The zero-order chi connectivity index (χ0) is 23.0. The Kier molecular flexibility index (Phi) is 8.88. The molecule has 0 aromatic heterocycles. The van der Waals surface area contributed by atoms with E-state index in [-0.39, 0.29) is 30.2 Å². The number of benzene rings is 2. The van der Waals surface area contributed by atoms with Gasteiger partial charge in [0.2, 0.25) is 11.8 Å². The van der Waals surface area contributed by atoms with Gasteiger partial charge in [-0.1, -0.05) is 31.5 Å². The zero-order valence-corrected chi connectivity index (χ0v) is 18.9. The molecular formula is C23H28ClN3O4. The molecule has 7 nitrogen and oxygen atoms in total. The summed E-state index contributed by atoms with van der Waals surface area (Å²) in [6.07, 6.45) is 0.444. The van der Waals surface area contributed by atoms with Gasteiger partial charge < -0.3 is 20.3 Å². The Bertz CT molecular complexity index is 915. The molecule has 0 fully saturated rings. The average Bonchev–Trinajstić information content (AvgIpc) is 2.72. The number of carbonyl (C=O) groups excluding carboxylic acids is 3. The minimum atomic E-state index is -0.752. The molecule has 1 unspecified atom stereocenters. The molecule has 3 amide bonds. The molecule has 0 bridgehead atoms. The summed E-state index contributed by atoms with van der Waals surface area (Å²) in [4.78, 5) is 39.3. The van der Waals surface area contributed by atoms with Crippen LogP contribution in [0.5, 0.6) is 5.75 Å². The van der Waals surface area contributed by atoms with Crippen molar-refractivity contribution in [2.45, 2.75) is 26.3 Å². The lowest BCUT2D eigenvalue weighted by Gasteiger charge is -2.25. The van der Waals surface area contributed by atoms with Gasteiger partial charge in [0.25, 0.3) is 5.91 Å². The summed E-state index contributed by atoms with van der Waals surface area (Å²) in [6.45, 7) is 3.77. The van der Waals surface area contributed by atoms with Gasteiger partial charge in [0.15, 0.2) is 0 Å². The Balaban J connectivity index is 2.02. The topological polar surface area (TPSA) is 87.7 Å². The van der Waals surface area contributed by atoms with Gasteiger partial charge in [-0.05, 0) is 48.7 Å². The van der Waals surface area contributed by atoms with Crippen molar-refractivity contribution >= 4 is 35.0 Å². The van der Waals surface area contributed by atoms with Gasteiger partial charge in [0.1, 0.15) is 11.8 Å². The molecule has 0 radical (unpaired) electrons. The van der Waals surface area contributed by atoms with Crippen LogP contribution in [0, 0.1) is 5.92 Å². The summed E-state index contributed by atoms with van der Waals surface area (Å²) in [6, 6.07) is 12.6. The molecule has 2 aromatic rings. The highest BCUT2D eigenvalue weighted by Gasteiger charge is 2.26. The van der Waals surface area contributed by atoms with Crippen LogP contribution >= 0.6 is 11.6 Å². The van der Waals surface area contributed by atoms with Crippen molar-refractivity contribution in [2.24, 2.45) is 5.92 Å². The fourth-order valence-corrected chi connectivity index (χ4v) is 3.12. The minimum Gasteiger partial charge on any atom is -0.497 e. The summed E-state index contributed by atoms with van der Waals surface area (Å²) in [5.74, 6) is -0.277. The first-order valence-electron chi connectivity index (χ1n) is 9.95.